The summed E-state index contributed by atoms with van der Waals surface area (Å²) < 4.78 is 154. The Hall–Kier alpha value is -3.55. The van der Waals surface area contributed by atoms with E-state index >= 15 is 8.78 Å². The second kappa shape index (κ2) is 10.1. The lowest BCUT2D eigenvalue weighted by molar-refractivity contribution is -0.319. The predicted molar refractivity (Wildman–Crippen MR) is 114 cm³/mol. The molecule has 3 aromatic carbocycles. The SMILES string of the molecule is O=S(=O)(ON=C(c1ccccc1-c1ccccc1)C(F)(F)C(F)(F)C(F)(F)C(F)F)c1ccc(F)cc1. The Morgan fingerprint density at radius 1 is 0.784 bits per heavy atom. The fourth-order valence-electron chi connectivity index (χ4n) is 3.06. The number of halogens is 9. The molecule has 37 heavy (non-hydrogen) atoms. The van der Waals surface area contributed by atoms with Crippen LogP contribution in [0.4, 0.5) is 39.5 Å². The Morgan fingerprint density at radius 2 is 1.32 bits per heavy atom. The van der Waals surface area contributed by atoms with Crippen molar-refractivity contribution in [2.24, 2.45) is 5.16 Å². The molecule has 0 radical (unpaired) electrons. The van der Waals surface area contributed by atoms with Crippen molar-refractivity contribution in [1.82, 2.24) is 0 Å². The van der Waals surface area contributed by atoms with Crippen molar-refractivity contribution in [3.05, 3.63) is 90.2 Å². The van der Waals surface area contributed by atoms with Gasteiger partial charge in [0.25, 0.3) is 0 Å². The van der Waals surface area contributed by atoms with Crippen LogP contribution in [0.2, 0.25) is 0 Å². The van der Waals surface area contributed by atoms with Gasteiger partial charge in [0.05, 0.1) is 0 Å². The first-order valence-electron chi connectivity index (χ1n) is 9.97. The number of rotatable bonds is 9. The third-order valence-corrected chi connectivity index (χ3v) is 6.10. The van der Waals surface area contributed by atoms with Crippen molar-refractivity contribution in [3.8, 4) is 11.1 Å². The molecule has 0 saturated carbocycles. The molecule has 0 atom stereocenters. The smallest absolute Gasteiger partial charge is 0.264 e. The standard InChI is InChI=1S/C23H14F9NO3S/c24-15-10-12-16(13-11-15)37(34,35)36-33-19(21(27,28)23(31,32)22(29,30)20(25)26)18-9-5-4-8-17(18)14-6-2-1-3-7-14/h1-13,20H. The highest BCUT2D eigenvalue weighted by atomic mass is 32.2. The van der Waals surface area contributed by atoms with E-state index in [9.17, 15) is 39.2 Å². The number of hydrogen-bond acceptors (Lipinski definition) is 4. The van der Waals surface area contributed by atoms with E-state index in [2.05, 4.69) is 9.44 Å². The maximum absolute atomic E-state index is 15.1. The minimum Gasteiger partial charge on any atom is -0.264 e. The van der Waals surface area contributed by atoms with Gasteiger partial charge in [-0.15, -0.1) is 0 Å². The van der Waals surface area contributed by atoms with Gasteiger partial charge in [0.2, 0.25) is 0 Å². The summed E-state index contributed by atoms with van der Waals surface area (Å²) in [4.78, 5) is -0.860. The van der Waals surface area contributed by atoms with Gasteiger partial charge < -0.3 is 0 Å². The molecule has 0 aliphatic heterocycles. The Morgan fingerprint density at radius 3 is 1.89 bits per heavy atom. The monoisotopic (exact) mass is 555 g/mol. The molecule has 0 bridgehead atoms. The van der Waals surface area contributed by atoms with Crippen LogP contribution in [-0.2, 0) is 14.4 Å². The van der Waals surface area contributed by atoms with Gasteiger partial charge in [-0.1, -0.05) is 59.8 Å². The molecule has 0 amide bonds. The van der Waals surface area contributed by atoms with Crippen molar-refractivity contribution in [1.29, 1.82) is 0 Å². The molecule has 0 fully saturated rings. The zero-order valence-electron chi connectivity index (χ0n) is 18.1. The van der Waals surface area contributed by atoms with E-state index < -0.39 is 56.3 Å². The molecule has 3 rings (SSSR count). The zero-order chi connectivity index (χ0) is 27.6. The highest BCUT2D eigenvalue weighted by molar-refractivity contribution is 7.86. The molecule has 14 heteroatoms. The lowest BCUT2D eigenvalue weighted by atomic mass is 9.90. The summed E-state index contributed by atoms with van der Waals surface area (Å²) in [5, 5.41) is 2.59. The van der Waals surface area contributed by atoms with Crippen molar-refractivity contribution < 1.29 is 52.2 Å². The highest BCUT2D eigenvalue weighted by Gasteiger charge is 2.77. The summed E-state index contributed by atoms with van der Waals surface area (Å²) in [5.41, 5.74) is -3.63. The van der Waals surface area contributed by atoms with E-state index in [0.717, 1.165) is 12.1 Å². The molecule has 0 unspecified atom stereocenters. The molecule has 198 valence electrons. The maximum atomic E-state index is 15.1. The van der Waals surface area contributed by atoms with Crippen LogP contribution in [0, 0.1) is 5.82 Å². The molecule has 0 spiro atoms. The van der Waals surface area contributed by atoms with Crippen molar-refractivity contribution >= 4 is 15.8 Å². The van der Waals surface area contributed by atoms with E-state index in [1.54, 1.807) is 0 Å². The fourth-order valence-corrected chi connectivity index (χ4v) is 3.79. The van der Waals surface area contributed by atoms with E-state index in [-0.39, 0.29) is 11.1 Å². The maximum Gasteiger partial charge on any atom is 0.383 e. The van der Waals surface area contributed by atoms with Crippen LogP contribution in [0.1, 0.15) is 5.56 Å². The Labute approximate surface area is 204 Å². The number of nitrogens with zero attached hydrogens (tertiary/aromatic N) is 1. The van der Waals surface area contributed by atoms with Crippen LogP contribution in [0.5, 0.6) is 0 Å². The average Bonchev–Trinajstić information content (AvgIpc) is 2.84. The summed E-state index contributed by atoms with van der Waals surface area (Å²) in [5.74, 6) is -20.4. The van der Waals surface area contributed by atoms with Gasteiger partial charge in [-0.05, 0) is 35.4 Å². The van der Waals surface area contributed by atoms with Crippen LogP contribution in [0.15, 0.2) is 88.9 Å². The largest absolute Gasteiger partial charge is 0.383 e. The molecule has 0 saturated heterocycles. The van der Waals surface area contributed by atoms with Crippen molar-refractivity contribution in [2.45, 2.75) is 29.1 Å². The average molecular weight is 555 g/mol. The van der Waals surface area contributed by atoms with Crippen LogP contribution in [0.3, 0.4) is 0 Å². The summed E-state index contributed by atoms with van der Waals surface area (Å²) in [6, 6.07) is 13.5. The first kappa shape index (κ1) is 28.0. The van der Waals surface area contributed by atoms with E-state index in [0.29, 0.717) is 30.3 Å². The number of alkyl halides is 8. The van der Waals surface area contributed by atoms with Gasteiger partial charge in [-0.2, -0.15) is 34.8 Å². The van der Waals surface area contributed by atoms with Crippen LogP contribution < -0.4 is 0 Å². The molecule has 3 aromatic rings. The molecular weight excluding hydrogens is 541 g/mol. The van der Waals surface area contributed by atoms with Gasteiger partial charge >= 0.3 is 34.3 Å². The molecule has 4 nitrogen and oxygen atoms in total. The van der Waals surface area contributed by atoms with Crippen LogP contribution >= 0.6 is 0 Å². The summed E-state index contributed by atoms with van der Waals surface area (Å²) in [6.07, 6.45) is -5.22. The second-order valence-corrected chi connectivity index (χ2v) is 8.94. The second-order valence-electron chi connectivity index (χ2n) is 7.41. The summed E-state index contributed by atoms with van der Waals surface area (Å²) >= 11 is 0. The van der Waals surface area contributed by atoms with Gasteiger partial charge in [0.1, 0.15) is 10.7 Å². The predicted octanol–water partition coefficient (Wildman–Crippen LogP) is 6.77. The van der Waals surface area contributed by atoms with E-state index in [4.69, 9.17) is 0 Å². The van der Waals surface area contributed by atoms with Crippen molar-refractivity contribution in [2.75, 3.05) is 0 Å². The van der Waals surface area contributed by atoms with Gasteiger partial charge in [0, 0.05) is 5.56 Å². The van der Waals surface area contributed by atoms with Crippen molar-refractivity contribution in [3.63, 3.8) is 0 Å². The van der Waals surface area contributed by atoms with Gasteiger partial charge in [-0.25, -0.2) is 13.2 Å². The quantitative estimate of drug-likeness (QED) is 0.166. The van der Waals surface area contributed by atoms with Gasteiger partial charge in [0.15, 0.2) is 5.71 Å². The zero-order valence-corrected chi connectivity index (χ0v) is 18.9. The third kappa shape index (κ3) is 5.29. The van der Waals surface area contributed by atoms with E-state index in [1.807, 2.05) is 0 Å². The topological polar surface area (TPSA) is 55.7 Å². The lowest BCUT2D eigenvalue weighted by Crippen LogP contribution is -2.60. The number of hydrogen-bond donors (Lipinski definition) is 0. The fraction of sp³-hybridized carbons (Fsp3) is 0.174. The Balaban J connectivity index is 2.25. The first-order valence-corrected chi connectivity index (χ1v) is 11.4. The molecule has 0 aromatic heterocycles. The van der Waals surface area contributed by atoms with Crippen LogP contribution in [0.25, 0.3) is 11.1 Å². The minimum atomic E-state index is -6.76. The number of oxime groups is 1. The summed E-state index contributed by atoms with van der Waals surface area (Å²) in [7, 11) is -5.18. The Kier molecular flexibility index (Phi) is 7.63. The Bertz CT molecular complexity index is 1380. The first-order chi connectivity index (χ1) is 17.1. The molecule has 0 heterocycles. The molecule has 0 N–H and O–H groups in total. The third-order valence-electron chi connectivity index (χ3n) is 4.98. The van der Waals surface area contributed by atoms with Gasteiger partial charge in [-0.3, -0.25) is 4.28 Å². The molecular formula is C23H14F9NO3S. The lowest BCUT2D eigenvalue weighted by Gasteiger charge is -2.33. The highest BCUT2D eigenvalue weighted by Crippen LogP contribution is 2.50. The van der Waals surface area contributed by atoms with Crippen LogP contribution in [-0.4, -0.2) is 38.3 Å². The minimum absolute atomic E-state index is 0.0759. The molecule has 0 aliphatic rings. The summed E-state index contributed by atoms with van der Waals surface area (Å²) in [6.45, 7) is 0. The van der Waals surface area contributed by atoms with E-state index in [1.165, 1.54) is 36.4 Å². The normalized spacial score (nSPS) is 13.6. The number of benzene rings is 3. The molecule has 0 aliphatic carbocycles.